The van der Waals surface area contributed by atoms with Gasteiger partial charge >= 0.3 is 12.1 Å². The second kappa shape index (κ2) is 9.37. The Hall–Kier alpha value is -4.16. The zero-order valence-corrected chi connectivity index (χ0v) is 19.9. The summed E-state index contributed by atoms with van der Waals surface area (Å²) in [6.07, 6.45) is 0.465. The van der Waals surface area contributed by atoms with Crippen LogP contribution in [-0.4, -0.2) is 53.0 Å². The SMILES string of the molecule is CCCn1c(N2CCCC2C(=O)O)nc2nc(-c3cnn(Cc4cccc(C(F)(F)F)c4)c3)[nH]c2c1=O. The number of fused-ring (bicyclic) bond motifs is 1. The van der Waals surface area contributed by atoms with Crippen LogP contribution in [0.15, 0.2) is 41.5 Å². The first-order valence-corrected chi connectivity index (χ1v) is 11.8. The van der Waals surface area contributed by atoms with Crippen LogP contribution < -0.4 is 10.5 Å². The Balaban J connectivity index is 1.49. The van der Waals surface area contributed by atoms with E-state index in [0.29, 0.717) is 49.3 Å². The maximum absolute atomic E-state index is 13.3. The van der Waals surface area contributed by atoms with Crippen molar-refractivity contribution >= 4 is 23.1 Å². The van der Waals surface area contributed by atoms with E-state index in [2.05, 4.69) is 20.1 Å². The molecule has 3 aromatic heterocycles. The Labute approximate surface area is 208 Å². The summed E-state index contributed by atoms with van der Waals surface area (Å²) in [6, 6.07) is 4.26. The number of aliphatic carboxylic acids is 1. The first kappa shape index (κ1) is 24.5. The van der Waals surface area contributed by atoms with Gasteiger partial charge in [0.25, 0.3) is 5.56 Å². The normalized spacial score (nSPS) is 16.1. The quantitative estimate of drug-likeness (QED) is 0.386. The summed E-state index contributed by atoms with van der Waals surface area (Å²) in [7, 11) is 0. The average molecular weight is 515 g/mol. The second-order valence-corrected chi connectivity index (χ2v) is 8.97. The summed E-state index contributed by atoms with van der Waals surface area (Å²) in [5.41, 5.74) is 0.211. The minimum Gasteiger partial charge on any atom is -0.480 e. The molecule has 1 atom stereocenters. The fourth-order valence-corrected chi connectivity index (χ4v) is 4.62. The van der Waals surface area contributed by atoms with Gasteiger partial charge in [-0.15, -0.1) is 0 Å². The second-order valence-electron chi connectivity index (χ2n) is 8.97. The number of nitrogens with one attached hydrogen (secondary N) is 1. The third-order valence-corrected chi connectivity index (χ3v) is 6.34. The monoisotopic (exact) mass is 515 g/mol. The van der Waals surface area contributed by atoms with E-state index in [4.69, 9.17) is 0 Å². The number of hydrogen-bond acceptors (Lipinski definition) is 6. The predicted molar refractivity (Wildman–Crippen MR) is 128 cm³/mol. The molecule has 4 aromatic rings. The average Bonchev–Trinajstić information content (AvgIpc) is 3.60. The van der Waals surface area contributed by atoms with E-state index in [1.54, 1.807) is 17.2 Å². The van der Waals surface area contributed by atoms with Crippen LogP contribution in [0.5, 0.6) is 0 Å². The van der Waals surface area contributed by atoms with Gasteiger partial charge in [0, 0.05) is 19.3 Å². The molecule has 0 radical (unpaired) electrons. The van der Waals surface area contributed by atoms with Crippen LogP contribution in [0, 0.1) is 0 Å². The maximum Gasteiger partial charge on any atom is 0.416 e. The number of H-pyrrole nitrogens is 1. The van der Waals surface area contributed by atoms with Gasteiger partial charge in [0.1, 0.15) is 11.9 Å². The van der Waals surface area contributed by atoms with Gasteiger partial charge in [-0.3, -0.25) is 14.0 Å². The lowest BCUT2D eigenvalue weighted by Gasteiger charge is -2.25. The van der Waals surface area contributed by atoms with Gasteiger partial charge in [-0.2, -0.15) is 23.3 Å². The number of carboxylic acids is 1. The predicted octanol–water partition coefficient (Wildman–Crippen LogP) is 3.51. The molecule has 0 saturated carbocycles. The van der Waals surface area contributed by atoms with Gasteiger partial charge in [-0.05, 0) is 37.0 Å². The summed E-state index contributed by atoms with van der Waals surface area (Å²) in [4.78, 5) is 38.8. The summed E-state index contributed by atoms with van der Waals surface area (Å²) < 4.78 is 42.0. The van der Waals surface area contributed by atoms with Crippen LogP contribution in [0.2, 0.25) is 0 Å². The van der Waals surface area contributed by atoms with E-state index in [0.717, 1.165) is 12.1 Å². The van der Waals surface area contributed by atoms with E-state index in [-0.39, 0.29) is 29.2 Å². The van der Waals surface area contributed by atoms with Gasteiger partial charge in [-0.25, -0.2) is 9.78 Å². The smallest absolute Gasteiger partial charge is 0.416 e. The summed E-state index contributed by atoms with van der Waals surface area (Å²) in [5, 5.41) is 13.8. The number of alkyl halides is 3. The number of rotatable bonds is 7. The molecule has 1 unspecified atom stereocenters. The first-order valence-electron chi connectivity index (χ1n) is 11.8. The molecule has 0 spiro atoms. The van der Waals surface area contributed by atoms with Crippen molar-refractivity contribution in [2.24, 2.45) is 0 Å². The van der Waals surface area contributed by atoms with Crippen molar-refractivity contribution in [1.82, 2.24) is 29.3 Å². The molecule has 5 rings (SSSR count). The van der Waals surface area contributed by atoms with Crippen molar-refractivity contribution in [1.29, 1.82) is 0 Å². The fourth-order valence-electron chi connectivity index (χ4n) is 4.62. The number of nitrogens with zero attached hydrogens (tertiary/aromatic N) is 6. The third kappa shape index (κ3) is 4.68. The lowest BCUT2D eigenvalue weighted by Crippen LogP contribution is -2.40. The van der Waals surface area contributed by atoms with Crippen LogP contribution in [0.1, 0.15) is 37.3 Å². The number of aromatic nitrogens is 6. The van der Waals surface area contributed by atoms with Crippen molar-refractivity contribution in [3.05, 3.63) is 58.1 Å². The van der Waals surface area contributed by atoms with E-state index >= 15 is 0 Å². The minimum atomic E-state index is -4.43. The maximum atomic E-state index is 13.3. The molecule has 0 aliphatic carbocycles. The largest absolute Gasteiger partial charge is 0.480 e. The molecule has 0 amide bonds. The highest BCUT2D eigenvalue weighted by molar-refractivity contribution is 5.80. The van der Waals surface area contributed by atoms with Crippen LogP contribution in [0.3, 0.4) is 0 Å². The highest BCUT2D eigenvalue weighted by Crippen LogP contribution is 2.30. The number of imidazole rings is 1. The zero-order chi connectivity index (χ0) is 26.3. The van der Waals surface area contributed by atoms with Gasteiger partial charge in [0.2, 0.25) is 5.95 Å². The molecule has 4 heterocycles. The van der Waals surface area contributed by atoms with Crippen LogP contribution >= 0.6 is 0 Å². The first-order chi connectivity index (χ1) is 17.7. The molecule has 0 bridgehead atoms. The van der Waals surface area contributed by atoms with Crippen LogP contribution in [-0.2, 0) is 24.1 Å². The van der Waals surface area contributed by atoms with Gasteiger partial charge in [0.15, 0.2) is 11.2 Å². The molecule has 37 heavy (non-hydrogen) atoms. The van der Waals surface area contributed by atoms with Crippen molar-refractivity contribution < 1.29 is 23.1 Å². The number of anilines is 1. The number of carboxylic acid groups (broad SMARTS) is 1. The molecule has 1 aliphatic heterocycles. The topological polar surface area (TPSA) is 122 Å². The van der Waals surface area contributed by atoms with Gasteiger partial charge in [0.05, 0.1) is 23.9 Å². The summed E-state index contributed by atoms with van der Waals surface area (Å²) in [6.45, 7) is 2.86. The highest BCUT2D eigenvalue weighted by atomic mass is 19.4. The molecular formula is C24H24F3N7O3. The molecular weight excluding hydrogens is 491 g/mol. The molecule has 1 aliphatic rings. The molecule has 1 saturated heterocycles. The Kier molecular flexibility index (Phi) is 6.21. The molecule has 1 fully saturated rings. The summed E-state index contributed by atoms with van der Waals surface area (Å²) >= 11 is 0. The molecule has 2 N–H and O–H groups in total. The zero-order valence-electron chi connectivity index (χ0n) is 19.9. The van der Waals surface area contributed by atoms with Crippen molar-refractivity contribution in [2.75, 3.05) is 11.4 Å². The standard InChI is InChI=1S/C24H24F3N7O3/c1-2-8-34-21(35)18-20(31-23(34)33-9-4-7-17(33)22(36)37)30-19(29-18)15-11-28-32(13-15)12-14-5-3-6-16(10-14)24(25,26)27/h3,5-6,10-11,13,17H,2,4,7-9,12H2,1H3,(H,29,30)(H,36,37). The summed E-state index contributed by atoms with van der Waals surface area (Å²) in [5.74, 6) is -0.361. The highest BCUT2D eigenvalue weighted by Gasteiger charge is 2.34. The number of benzene rings is 1. The third-order valence-electron chi connectivity index (χ3n) is 6.34. The Morgan fingerprint density at radius 2 is 2.08 bits per heavy atom. The van der Waals surface area contributed by atoms with Gasteiger partial charge < -0.3 is 15.0 Å². The molecule has 13 heteroatoms. The van der Waals surface area contributed by atoms with E-state index < -0.39 is 23.8 Å². The Morgan fingerprint density at radius 3 is 2.81 bits per heavy atom. The Bertz CT molecular complexity index is 1520. The minimum absolute atomic E-state index is 0.112. The van der Waals surface area contributed by atoms with Crippen molar-refractivity contribution in [3.8, 4) is 11.4 Å². The Morgan fingerprint density at radius 1 is 1.27 bits per heavy atom. The molecule has 194 valence electrons. The lowest BCUT2D eigenvalue weighted by atomic mass is 10.1. The van der Waals surface area contributed by atoms with E-state index in [1.807, 2.05) is 6.92 Å². The van der Waals surface area contributed by atoms with Crippen LogP contribution in [0.25, 0.3) is 22.6 Å². The molecule has 1 aromatic carbocycles. The van der Waals surface area contributed by atoms with Gasteiger partial charge in [-0.1, -0.05) is 19.1 Å². The lowest BCUT2D eigenvalue weighted by molar-refractivity contribution is -0.138. The number of aromatic amines is 1. The number of carbonyl (C=O) groups is 1. The number of halogens is 3. The van der Waals surface area contributed by atoms with Crippen LogP contribution in [0.4, 0.5) is 19.1 Å². The molecule has 10 nitrogen and oxygen atoms in total. The van der Waals surface area contributed by atoms with Crippen molar-refractivity contribution in [3.63, 3.8) is 0 Å². The van der Waals surface area contributed by atoms with E-state index in [1.165, 1.54) is 21.5 Å². The fraction of sp³-hybridized carbons (Fsp3) is 0.375. The number of hydrogen-bond donors (Lipinski definition) is 2. The van der Waals surface area contributed by atoms with E-state index in [9.17, 15) is 27.9 Å². The van der Waals surface area contributed by atoms with Crippen molar-refractivity contribution in [2.45, 2.75) is 51.5 Å².